The van der Waals surface area contributed by atoms with Crippen molar-refractivity contribution in [3.8, 4) is 0 Å². The maximum absolute atomic E-state index is 10.7. The lowest BCUT2D eigenvalue weighted by atomic mass is 10.4. The minimum absolute atomic E-state index is 0.234. The van der Waals surface area contributed by atoms with Crippen molar-refractivity contribution in [2.75, 3.05) is 6.54 Å². The van der Waals surface area contributed by atoms with Gasteiger partial charge >= 0.3 is 5.97 Å². The molecule has 0 bridgehead atoms. The van der Waals surface area contributed by atoms with Gasteiger partial charge in [0.25, 0.3) is 0 Å². The number of aryl methyl sites for hydroxylation is 1. The second-order valence-corrected chi connectivity index (χ2v) is 3.62. The fourth-order valence-electron chi connectivity index (χ4n) is 0.924. The first-order valence-electron chi connectivity index (χ1n) is 4.03. The molecule has 0 amide bonds. The smallest absolute Gasteiger partial charge is 0.347 e. The van der Waals surface area contributed by atoms with Gasteiger partial charge in [0.2, 0.25) is 0 Å². The second-order valence-electron chi connectivity index (χ2n) is 2.59. The highest BCUT2D eigenvalue weighted by Crippen LogP contribution is 2.18. The molecule has 0 fully saturated rings. The van der Waals surface area contributed by atoms with Gasteiger partial charge in [-0.05, 0) is 18.5 Å². The summed E-state index contributed by atoms with van der Waals surface area (Å²) in [5, 5.41) is 12.7. The Morgan fingerprint density at radius 2 is 2.53 bits per heavy atom. The molecule has 0 spiro atoms. The lowest BCUT2D eigenvalue weighted by Crippen LogP contribution is -1.94. The van der Waals surface area contributed by atoms with Gasteiger partial charge in [-0.15, -0.1) is 11.3 Å². The van der Waals surface area contributed by atoms with Crippen LogP contribution in [0.25, 0.3) is 16.5 Å². The third-order valence-corrected chi connectivity index (χ3v) is 2.63. The molecule has 0 aliphatic rings. The molecule has 0 radical (unpaired) electrons. The summed E-state index contributed by atoms with van der Waals surface area (Å²) in [7, 11) is 0. The SMILES string of the molecule is Cc1nc(C=CCN=[N+]=[N-])sc1C(=O)O. The van der Waals surface area contributed by atoms with E-state index in [-0.39, 0.29) is 11.4 Å². The van der Waals surface area contributed by atoms with Crippen LogP contribution in [-0.2, 0) is 0 Å². The second kappa shape index (κ2) is 5.14. The van der Waals surface area contributed by atoms with Gasteiger partial charge in [-0.3, -0.25) is 0 Å². The predicted molar refractivity (Wildman–Crippen MR) is 56.9 cm³/mol. The van der Waals surface area contributed by atoms with E-state index in [2.05, 4.69) is 15.0 Å². The number of carbonyl (C=O) groups is 1. The zero-order chi connectivity index (χ0) is 11.3. The van der Waals surface area contributed by atoms with Gasteiger partial charge in [0.1, 0.15) is 9.88 Å². The molecule has 1 aromatic heterocycles. The van der Waals surface area contributed by atoms with Crippen molar-refractivity contribution in [3.63, 3.8) is 0 Å². The molecular weight excluding hydrogens is 216 g/mol. The van der Waals surface area contributed by atoms with Crippen LogP contribution >= 0.6 is 11.3 Å². The Hall–Kier alpha value is -1.85. The lowest BCUT2D eigenvalue weighted by Gasteiger charge is -1.84. The Morgan fingerprint density at radius 1 is 1.80 bits per heavy atom. The number of carboxylic acids is 1. The number of hydrogen-bond acceptors (Lipinski definition) is 4. The van der Waals surface area contributed by atoms with Crippen molar-refractivity contribution in [1.82, 2.24) is 4.98 Å². The number of thiazole rings is 1. The van der Waals surface area contributed by atoms with Gasteiger partial charge in [-0.1, -0.05) is 11.2 Å². The molecular formula is C8H8N4O2S. The Kier molecular flexibility index (Phi) is 3.84. The molecule has 1 rings (SSSR count). The Bertz CT molecular complexity index is 445. The van der Waals surface area contributed by atoms with Crippen LogP contribution in [0.1, 0.15) is 20.4 Å². The van der Waals surface area contributed by atoms with Crippen molar-refractivity contribution in [1.29, 1.82) is 0 Å². The molecule has 7 heteroatoms. The lowest BCUT2D eigenvalue weighted by molar-refractivity contribution is 0.0701. The van der Waals surface area contributed by atoms with E-state index in [0.29, 0.717) is 10.7 Å². The highest BCUT2D eigenvalue weighted by molar-refractivity contribution is 7.14. The number of carboxylic acid groups (broad SMARTS) is 1. The van der Waals surface area contributed by atoms with Crippen molar-refractivity contribution in [3.05, 3.63) is 32.1 Å². The third kappa shape index (κ3) is 3.08. The van der Waals surface area contributed by atoms with Gasteiger partial charge in [0, 0.05) is 11.5 Å². The summed E-state index contributed by atoms with van der Waals surface area (Å²) in [5.74, 6) is -0.973. The molecule has 1 aromatic rings. The first-order chi connectivity index (χ1) is 7.15. The van der Waals surface area contributed by atoms with Crippen molar-refractivity contribution in [2.45, 2.75) is 6.92 Å². The average Bonchev–Trinajstić information content (AvgIpc) is 2.55. The highest BCUT2D eigenvalue weighted by Gasteiger charge is 2.11. The van der Waals surface area contributed by atoms with Crippen molar-refractivity contribution in [2.24, 2.45) is 5.11 Å². The molecule has 0 saturated carbocycles. The summed E-state index contributed by atoms with van der Waals surface area (Å²) in [4.78, 5) is 17.6. The van der Waals surface area contributed by atoms with E-state index in [1.165, 1.54) is 0 Å². The molecule has 1 heterocycles. The van der Waals surface area contributed by atoms with E-state index in [4.69, 9.17) is 10.6 Å². The summed E-state index contributed by atoms with van der Waals surface area (Å²) >= 11 is 1.09. The van der Waals surface area contributed by atoms with E-state index >= 15 is 0 Å². The molecule has 0 unspecified atom stereocenters. The van der Waals surface area contributed by atoms with Gasteiger partial charge in [0.15, 0.2) is 0 Å². The van der Waals surface area contributed by atoms with E-state index in [9.17, 15) is 4.79 Å². The summed E-state index contributed by atoms with van der Waals surface area (Å²) in [5.41, 5.74) is 8.51. The molecule has 0 aliphatic carbocycles. The number of hydrogen-bond donors (Lipinski definition) is 1. The van der Waals surface area contributed by atoms with Crippen LogP contribution in [0, 0.1) is 6.92 Å². The van der Waals surface area contributed by atoms with E-state index in [1.807, 2.05) is 0 Å². The third-order valence-electron chi connectivity index (χ3n) is 1.52. The maximum atomic E-state index is 10.7. The molecule has 0 atom stereocenters. The quantitative estimate of drug-likeness (QED) is 0.483. The molecule has 0 saturated heterocycles. The van der Waals surface area contributed by atoms with E-state index < -0.39 is 5.97 Å². The van der Waals surface area contributed by atoms with E-state index in [0.717, 1.165) is 11.3 Å². The zero-order valence-corrected chi connectivity index (χ0v) is 8.73. The van der Waals surface area contributed by atoms with Gasteiger partial charge < -0.3 is 5.11 Å². The molecule has 15 heavy (non-hydrogen) atoms. The Labute approximate surface area is 89.5 Å². The normalized spacial score (nSPS) is 10.2. The summed E-state index contributed by atoms with van der Waals surface area (Å²) < 4.78 is 0. The van der Waals surface area contributed by atoms with Crippen LogP contribution in [0.5, 0.6) is 0 Å². The molecule has 6 nitrogen and oxygen atoms in total. The predicted octanol–water partition coefficient (Wildman–Crippen LogP) is 2.47. The summed E-state index contributed by atoms with van der Waals surface area (Å²) in [6, 6.07) is 0. The molecule has 0 aromatic carbocycles. The minimum Gasteiger partial charge on any atom is -0.477 e. The average molecular weight is 224 g/mol. The topological polar surface area (TPSA) is 99.0 Å². The van der Waals surface area contributed by atoms with Crippen LogP contribution in [0.2, 0.25) is 0 Å². The highest BCUT2D eigenvalue weighted by atomic mass is 32.1. The number of nitrogens with zero attached hydrogens (tertiary/aromatic N) is 4. The fraction of sp³-hybridized carbons (Fsp3) is 0.250. The standard InChI is InChI=1S/C8H8N4O2S/c1-5-7(8(13)14)15-6(11-5)3-2-4-10-12-9/h2-3H,4H2,1H3,(H,13,14). The largest absolute Gasteiger partial charge is 0.477 e. The monoisotopic (exact) mass is 224 g/mol. The molecule has 78 valence electrons. The fourth-order valence-corrected chi connectivity index (χ4v) is 1.76. The number of azide groups is 1. The first-order valence-corrected chi connectivity index (χ1v) is 4.85. The number of aromatic carboxylic acids is 1. The maximum Gasteiger partial charge on any atom is 0.347 e. The number of rotatable bonds is 4. The van der Waals surface area contributed by atoms with Gasteiger partial charge in [0.05, 0.1) is 5.69 Å². The first kappa shape index (κ1) is 11.2. The van der Waals surface area contributed by atoms with Crippen molar-refractivity contribution < 1.29 is 9.90 Å². The van der Waals surface area contributed by atoms with Gasteiger partial charge in [-0.25, -0.2) is 9.78 Å². The van der Waals surface area contributed by atoms with Crippen LogP contribution in [0.3, 0.4) is 0 Å². The minimum atomic E-state index is -0.973. The van der Waals surface area contributed by atoms with Crippen molar-refractivity contribution >= 4 is 23.4 Å². The van der Waals surface area contributed by atoms with Crippen LogP contribution in [0.4, 0.5) is 0 Å². The Morgan fingerprint density at radius 3 is 3.07 bits per heavy atom. The Balaban J connectivity index is 2.79. The molecule has 1 N–H and O–H groups in total. The van der Waals surface area contributed by atoms with Crippen LogP contribution < -0.4 is 0 Å². The van der Waals surface area contributed by atoms with E-state index in [1.54, 1.807) is 19.1 Å². The molecule has 0 aliphatic heterocycles. The van der Waals surface area contributed by atoms with Gasteiger partial charge in [-0.2, -0.15) is 0 Å². The summed E-state index contributed by atoms with van der Waals surface area (Å²) in [6.45, 7) is 1.88. The zero-order valence-electron chi connectivity index (χ0n) is 7.91. The van der Waals surface area contributed by atoms with Crippen LogP contribution in [-0.4, -0.2) is 22.6 Å². The number of aromatic nitrogens is 1. The summed E-state index contributed by atoms with van der Waals surface area (Å²) in [6.07, 6.45) is 3.27. The van der Waals surface area contributed by atoms with Crippen LogP contribution in [0.15, 0.2) is 11.2 Å².